The average Bonchev–Trinajstić information content (AvgIpc) is 4.44. The lowest BCUT2D eigenvalue weighted by molar-refractivity contribution is 1.01. The number of para-hydroxylation sites is 7. The molecule has 0 unspecified atom stereocenters. The van der Waals surface area contributed by atoms with Crippen molar-refractivity contribution in [1.82, 2.24) is 28.2 Å². The van der Waals surface area contributed by atoms with Crippen molar-refractivity contribution in [1.29, 1.82) is 0 Å². The zero-order chi connectivity index (χ0) is 50.6. The van der Waals surface area contributed by atoms with Gasteiger partial charge in [-0.25, -0.2) is 9.97 Å². The smallest absolute Gasteiger partial charge is 0.226 e. The summed E-state index contributed by atoms with van der Waals surface area (Å²) in [6.45, 7) is 0. The lowest BCUT2D eigenvalue weighted by atomic mass is 10.1. The van der Waals surface area contributed by atoms with E-state index in [4.69, 9.17) is 9.97 Å². The Morgan fingerprint density at radius 1 is 0.221 bits per heavy atom. The van der Waals surface area contributed by atoms with Crippen molar-refractivity contribution in [3.05, 3.63) is 279 Å². The Morgan fingerprint density at radius 2 is 0.532 bits per heavy atom. The van der Waals surface area contributed by atoms with Crippen LogP contribution in [0.25, 0.3) is 110 Å². The molecule has 0 amide bonds. The van der Waals surface area contributed by atoms with Crippen molar-refractivity contribution in [2.24, 2.45) is 0 Å². The van der Waals surface area contributed by atoms with Gasteiger partial charge in [0.1, 0.15) is 17.1 Å². The van der Waals surface area contributed by atoms with Gasteiger partial charge < -0.3 is 9.13 Å². The van der Waals surface area contributed by atoms with Gasteiger partial charge >= 0.3 is 0 Å². The van der Waals surface area contributed by atoms with Gasteiger partial charge in [-0.05, 0) is 88.4 Å². The summed E-state index contributed by atoms with van der Waals surface area (Å²) in [5.41, 5.74) is 12.0. The molecule has 360 valence electrons. The van der Waals surface area contributed by atoms with E-state index in [1.54, 1.807) is 0 Å². The molecule has 5 heterocycles. The molecule has 77 heavy (non-hydrogen) atoms. The minimum absolute atomic E-state index is 0.788. The molecule has 7 heteroatoms. The monoisotopic (exact) mass is 998 g/mol. The van der Waals surface area contributed by atoms with E-state index in [1.165, 1.54) is 58.9 Å². The van der Waals surface area contributed by atoms with E-state index < -0.39 is 8.07 Å². The van der Waals surface area contributed by atoms with Crippen molar-refractivity contribution in [2.45, 2.75) is 0 Å². The second-order valence-electron chi connectivity index (χ2n) is 20.1. The molecule has 11 aromatic carbocycles. The van der Waals surface area contributed by atoms with E-state index in [-0.39, 0.29) is 0 Å². The van der Waals surface area contributed by atoms with E-state index >= 15 is 0 Å². The highest BCUT2D eigenvalue weighted by molar-refractivity contribution is 7.19. The van der Waals surface area contributed by atoms with Gasteiger partial charge in [0.05, 0.1) is 44.1 Å². The van der Waals surface area contributed by atoms with Crippen LogP contribution in [0.2, 0.25) is 0 Å². The van der Waals surface area contributed by atoms with Crippen molar-refractivity contribution in [3.63, 3.8) is 0 Å². The molecule has 16 aromatic rings. The van der Waals surface area contributed by atoms with E-state index in [0.29, 0.717) is 0 Å². The second kappa shape index (κ2) is 17.0. The SMILES string of the molecule is c1ccc([Si](c2ccccc2)(c2cccc(-n3c4ccccc4c4ccccc43)c2)c2nc(-n3c4ccccc4c4ccccc43)cc(-n3c4ccccc4c4cc(-n5c6ccccc6c6ccccc65)ccc43)n2)cc1. The van der Waals surface area contributed by atoms with Crippen LogP contribution in [0.1, 0.15) is 0 Å². The third-order valence-corrected chi connectivity index (χ3v) is 20.6. The molecule has 0 aliphatic heterocycles. The van der Waals surface area contributed by atoms with Crippen LogP contribution >= 0.6 is 0 Å². The largest absolute Gasteiger partial charge is 0.309 e. The third-order valence-electron chi connectivity index (χ3n) is 16.1. The molecule has 0 atom stereocenters. The number of hydrogen-bond acceptors (Lipinski definition) is 2. The first kappa shape index (κ1) is 43.3. The fourth-order valence-electron chi connectivity index (χ4n) is 12.9. The summed E-state index contributed by atoms with van der Waals surface area (Å²) in [5.74, 6) is 1.60. The van der Waals surface area contributed by atoms with Crippen LogP contribution in [0.3, 0.4) is 0 Å². The first-order chi connectivity index (χ1) is 38.2. The van der Waals surface area contributed by atoms with Crippen LogP contribution in [0, 0.1) is 0 Å². The molecule has 5 aromatic heterocycles. The van der Waals surface area contributed by atoms with Gasteiger partial charge in [0.25, 0.3) is 0 Å². The maximum absolute atomic E-state index is 6.08. The van der Waals surface area contributed by atoms with Crippen LogP contribution in [0.4, 0.5) is 0 Å². The minimum atomic E-state index is -3.50. The van der Waals surface area contributed by atoms with Crippen LogP contribution < -0.4 is 21.0 Å². The molecular weight excluding hydrogens is 953 g/mol. The molecule has 0 radical (unpaired) electrons. The highest BCUT2D eigenvalue weighted by Gasteiger charge is 2.46. The summed E-state index contributed by atoms with van der Waals surface area (Å²) in [6, 6.07) is 102. The van der Waals surface area contributed by atoms with Crippen LogP contribution in [-0.2, 0) is 0 Å². The fourth-order valence-corrected chi connectivity index (χ4v) is 17.3. The number of benzene rings is 11. The number of nitrogens with zero attached hydrogens (tertiary/aromatic N) is 6. The van der Waals surface area contributed by atoms with Crippen molar-refractivity contribution >= 4 is 116 Å². The van der Waals surface area contributed by atoms with Crippen molar-refractivity contribution in [3.8, 4) is 23.0 Å². The maximum atomic E-state index is 6.08. The van der Waals surface area contributed by atoms with Crippen molar-refractivity contribution in [2.75, 3.05) is 0 Å². The number of aromatic nitrogens is 6. The van der Waals surface area contributed by atoms with Gasteiger partial charge in [-0.15, -0.1) is 0 Å². The van der Waals surface area contributed by atoms with Gasteiger partial charge in [-0.2, -0.15) is 0 Å². The molecule has 6 nitrogen and oxygen atoms in total. The third kappa shape index (κ3) is 6.35. The molecule has 0 spiro atoms. The molecule has 0 fully saturated rings. The van der Waals surface area contributed by atoms with Gasteiger partial charge in [0.15, 0.2) is 0 Å². The van der Waals surface area contributed by atoms with E-state index in [1.807, 2.05) is 0 Å². The highest BCUT2D eigenvalue weighted by atomic mass is 28.3. The Kier molecular flexibility index (Phi) is 9.55. The summed E-state index contributed by atoms with van der Waals surface area (Å²) in [4.78, 5) is 12.1. The standard InChI is InChI=1S/C70H46N6Si/c1-3-23-49(24-4-1)77(50-25-5-2-6-26-50,51-27-21-22-47(44-51)73-60-35-14-7-28-52(60)53-29-8-15-36-61(53)73)70-71-68(75-64-39-18-11-32-56(64)57-33-12-19-40-65(57)75)46-69(72-70)76-66-41-20-13-34-58(66)59-45-48(42-43-67(59)76)74-62-37-16-9-30-54(62)55-31-10-17-38-63(55)74/h1-46H. The Hall–Kier alpha value is -10.1. The van der Waals surface area contributed by atoms with E-state index in [0.717, 1.165) is 72.3 Å². The van der Waals surface area contributed by atoms with Crippen LogP contribution in [0.15, 0.2) is 279 Å². The van der Waals surface area contributed by atoms with E-state index in [9.17, 15) is 0 Å². The van der Waals surface area contributed by atoms with Crippen molar-refractivity contribution < 1.29 is 0 Å². The van der Waals surface area contributed by atoms with Crippen LogP contribution in [-0.4, -0.2) is 36.3 Å². The molecule has 0 bridgehead atoms. The zero-order valence-electron chi connectivity index (χ0n) is 41.7. The van der Waals surface area contributed by atoms with Crippen LogP contribution in [0.5, 0.6) is 0 Å². The zero-order valence-corrected chi connectivity index (χ0v) is 42.7. The number of rotatable bonds is 8. The quantitative estimate of drug-likeness (QED) is 0.112. The topological polar surface area (TPSA) is 45.5 Å². The molecular formula is C70H46N6Si. The maximum Gasteiger partial charge on any atom is 0.226 e. The van der Waals surface area contributed by atoms with Gasteiger partial charge in [-0.1, -0.05) is 200 Å². The highest BCUT2D eigenvalue weighted by Crippen LogP contribution is 2.38. The molecule has 0 saturated heterocycles. The summed E-state index contributed by atoms with van der Waals surface area (Å²) < 4.78 is 9.58. The predicted octanol–water partition coefficient (Wildman–Crippen LogP) is 14.2. The summed E-state index contributed by atoms with van der Waals surface area (Å²) in [7, 11) is -3.50. The second-order valence-corrected chi connectivity index (χ2v) is 23.8. The molecule has 16 rings (SSSR count). The summed E-state index contributed by atoms with van der Waals surface area (Å²) in [5, 5.41) is 13.1. The Bertz CT molecular complexity index is 4810. The fraction of sp³-hybridized carbons (Fsp3) is 0. The molecule has 0 saturated carbocycles. The Morgan fingerprint density at radius 3 is 0.935 bits per heavy atom. The molecule has 0 aliphatic carbocycles. The lowest BCUT2D eigenvalue weighted by Crippen LogP contribution is -2.76. The lowest BCUT2D eigenvalue weighted by Gasteiger charge is -2.33. The van der Waals surface area contributed by atoms with Gasteiger partial charge in [-0.3, -0.25) is 9.13 Å². The molecule has 0 N–H and O–H groups in total. The minimum Gasteiger partial charge on any atom is -0.309 e. The number of hydrogen-bond donors (Lipinski definition) is 0. The summed E-state index contributed by atoms with van der Waals surface area (Å²) in [6.07, 6.45) is 0. The first-order valence-electron chi connectivity index (χ1n) is 26.3. The Balaban J connectivity index is 1.03. The Labute approximate surface area is 444 Å². The normalized spacial score (nSPS) is 12.2. The predicted molar refractivity (Wildman–Crippen MR) is 323 cm³/mol. The van der Waals surface area contributed by atoms with Gasteiger partial charge in [0, 0.05) is 60.5 Å². The summed E-state index contributed by atoms with van der Waals surface area (Å²) >= 11 is 0. The first-order valence-corrected chi connectivity index (χ1v) is 28.3. The molecule has 0 aliphatic rings. The van der Waals surface area contributed by atoms with E-state index in [2.05, 4.69) is 297 Å². The number of fused-ring (bicyclic) bond motifs is 12. The average molecular weight is 999 g/mol. The van der Waals surface area contributed by atoms with Gasteiger partial charge in [0.2, 0.25) is 8.07 Å².